The number of pyridine rings is 1. The zero-order valence-corrected chi connectivity index (χ0v) is 20.3. The molecule has 11 nitrogen and oxygen atoms in total. The van der Waals surface area contributed by atoms with Crippen LogP contribution in [-0.2, 0) is 15.9 Å². The minimum Gasteiger partial charge on any atom is -0.463 e. The molecule has 188 valence electrons. The van der Waals surface area contributed by atoms with E-state index in [9.17, 15) is 0 Å². The number of ether oxygens (including phenoxy) is 2. The van der Waals surface area contributed by atoms with Crippen molar-refractivity contribution in [2.75, 3.05) is 42.6 Å². The predicted octanol–water partition coefficient (Wildman–Crippen LogP) is 2.69. The van der Waals surface area contributed by atoms with Crippen LogP contribution in [-0.4, -0.2) is 69.1 Å². The molecular formula is C25H31N9O2. The van der Waals surface area contributed by atoms with Crippen LogP contribution >= 0.6 is 0 Å². The number of anilines is 3. The van der Waals surface area contributed by atoms with Crippen LogP contribution in [0, 0.1) is 0 Å². The zero-order valence-electron chi connectivity index (χ0n) is 20.3. The topological polar surface area (TPSA) is 120 Å². The van der Waals surface area contributed by atoms with Crippen molar-refractivity contribution in [2.24, 2.45) is 10.7 Å². The lowest BCUT2D eigenvalue weighted by Crippen LogP contribution is -2.44. The average molecular weight is 490 g/mol. The van der Waals surface area contributed by atoms with Gasteiger partial charge in [0.05, 0.1) is 17.6 Å². The monoisotopic (exact) mass is 489 g/mol. The van der Waals surface area contributed by atoms with E-state index in [4.69, 9.17) is 30.3 Å². The van der Waals surface area contributed by atoms with E-state index in [1.165, 1.54) is 0 Å². The lowest BCUT2D eigenvalue weighted by molar-refractivity contribution is -0.0368. The van der Waals surface area contributed by atoms with Crippen LogP contribution in [0.3, 0.4) is 0 Å². The Bertz CT molecular complexity index is 1310. The van der Waals surface area contributed by atoms with Crippen molar-refractivity contribution in [1.82, 2.24) is 24.7 Å². The number of hydrogen-bond donors (Lipinski definition) is 1. The molecule has 0 radical (unpaired) electrons. The molecule has 0 saturated carbocycles. The third kappa shape index (κ3) is 3.64. The van der Waals surface area contributed by atoms with Gasteiger partial charge in [-0.3, -0.25) is 4.98 Å². The van der Waals surface area contributed by atoms with Crippen molar-refractivity contribution in [2.45, 2.75) is 56.7 Å². The van der Waals surface area contributed by atoms with Crippen molar-refractivity contribution in [3.63, 3.8) is 0 Å². The number of nitrogens with two attached hydrogens (primary N) is 1. The molecule has 1 spiro atoms. The molecule has 0 aromatic carbocycles. The van der Waals surface area contributed by atoms with Gasteiger partial charge < -0.3 is 25.0 Å². The van der Waals surface area contributed by atoms with Crippen LogP contribution in [0.1, 0.15) is 50.4 Å². The van der Waals surface area contributed by atoms with E-state index in [2.05, 4.69) is 25.8 Å². The molecule has 36 heavy (non-hydrogen) atoms. The van der Waals surface area contributed by atoms with Crippen molar-refractivity contribution < 1.29 is 9.47 Å². The summed E-state index contributed by atoms with van der Waals surface area (Å²) in [6, 6.07) is 4.42. The van der Waals surface area contributed by atoms with E-state index in [0.29, 0.717) is 12.6 Å². The normalized spacial score (nSPS) is 23.6. The lowest BCUT2D eigenvalue weighted by atomic mass is 9.89. The van der Waals surface area contributed by atoms with E-state index in [0.717, 1.165) is 105 Å². The van der Waals surface area contributed by atoms with Crippen LogP contribution in [0.5, 0.6) is 0 Å². The largest absolute Gasteiger partial charge is 0.463 e. The van der Waals surface area contributed by atoms with Gasteiger partial charge in [-0.2, -0.15) is 0 Å². The first-order valence-corrected chi connectivity index (χ1v) is 13.0. The van der Waals surface area contributed by atoms with Gasteiger partial charge in [0.2, 0.25) is 0 Å². The minimum absolute atomic E-state index is 0.129. The van der Waals surface area contributed by atoms with Crippen LogP contribution in [0.4, 0.5) is 17.3 Å². The van der Waals surface area contributed by atoms with Crippen LogP contribution < -0.4 is 15.5 Å². The molecule has 2 fully saturated rings. The third-order valence-electron chi connectivity index (χ3n) is 7.86. The molecule has 3 aromatic rings. The molecule has 4 aliphatic rings. The zero-order chi connectivity index (χ0) is 24.1. The second-order valence-corrected chi connectivity index (χ2v) is 10.2. The van der Waals surface area contributed by atoms with Gasteiger partial charge in [-0.15, -0.1) is 5.10 Å². The van der Waals surface area contributed by atoms with Crippen LogP contribution in [0.15, 0.2) is 29.5 Å². The molecule has 7 heterocycles. The minimum atomic E-state index is -0.196. The Hall–Kier alpha value is -3.47. The molecule has 7 rings (SSSR count). The number of fused-ring (bicyclic) bond motifs is 2. The molecule has 11 heteroatoms. The lowest BCUT2D eigenvalue weighted by Gasteiger charge is -2.36. The number of hydrogen-bond acceptors (Lipinski definition) is 10. The molecule has 4 aliphatic heterocycles. The number of aromatic nitrogens is 5. The summed E-state index contributed by atoms with van der Waals surface area (Å²) in [5, 5.41) is 5.09. The summed E-state index contributed by atoms with van der Waals surface area (Å²) in [4.78, 5) is 23.8. The molecule has 0 amide bonds. The fourth-order valence-electron chi connectivity index (χ4n) is 5.86. The highest BCUT2D eigenvalue weighted by Gasteiger charge is 2.40. The van der Waals surface area contributed by atoms with Crippen molar-refractivity contribution in [1.29, 1.82) is 0 Å². The van der Waals surface area contributed by atoms with Gasteiger partial charge in [-0.25, -0.2) is 19.6 Å². The van der Waals surface area contributed by atoms with Gasteiger partial charge in [0, 0.05) is 32.4 Å². The van der Waals surface area contributed by atoms with Gasteiger partial charge in [0.15, 0.2) is 23.2 Å². The maximum absolute atomic E-state index is 6.15. The summed E-state index contributed by atoms with van der Waals surface area (Å²) >= 11 is 0. The maximum atomic E-state index is 6.15. The summed E-state index contributed by atoms with van der Waals surface area (Å²) in [5.74, 6) is 1.69. The van der Waals surface area contributed by atoms with E-state index in [-0.39, 0.29) is 11.8 Å². The maximum Gasteiger partial charge on any atom is 0.282 e. The first-order chi connectivity index (χ1) is 17.7. The van der Waals surface area contributed by atoms with Gasteiger partial charge in [0.25, 0.3) is 6.02 Å². The highest BCUT2D eigenvalue weighted by atomic mass is 16.5. The Labute approximate surface area is 209 Å². The number of amidine groups is 1. The fraction of sp³-hybridized carbons (Fsp3) is 0.560. The third-order valence-corrected chi connectivity index (χ3v) is 7.86. The SMILES string of the molecule is NC1=NC2(CCN(c3cnc4c(N5CCCc6ncccc65)nn(C5CCCCO5)c4n3)CC2)CO1. The standard InChI is InChI=1S/C25H31N9O2/c26-24-30-25(16-36-24)8-12-32(13-9-25)19-15-28-21-22(29-19)34(20-7-1-2-14-35-20)31-23(21)33-11-4-5-17-18(33)6-3-10-27-17/h3,6,10,15,20H,1-2,4-5,7-9,11-14,16H2,(H2,26,30). The summed E-state index contributed by atoms with van der Waals surface area (Å²) in [5.41, 5.74) is 9.38. The Kier molecular flexibility index (Phi) is 5.19. The molecular weight excluding hydrogens is 458 g/mol. The number of piperidine rings is 1. The second-order valence-electron chi connectivity index (χ2n) is 10.2. The van der Waals surface area contributed by atoms with Gasteiger partial charge in [-0.05, 0) is 57.1 Å². The van der Waals surface area contributed by atoms with Crippen molar-refractivity contribution in [3.8, 4) is 0 Å². The summed E-state index contributed by atoms with van der Waals surface area (Å²) in [6.07, 6.45) is 10.5. The van der Waals surface area contributed by atoms with Crippen molar-refractivity contribution in [3.05, 3.63) is 30.2 Å². The van der Waals surface area contributed by atoms with E-state index < -0.39 is 0 Å². The highest BCUT2D eigenvalue weighted by molar-refractivity contribution is 5.88. The van der Waals surface area contributed by atoms with E-state index >= 15 is 0 Å². The Morgan fingerprint density at radius 2 is 2.00 bits per heavy atom. The second kappa shape index (κ2) is 8.58. The molecule has 2 N–H and O–H groups in total. The number of rotatable bonds is 3. The Morgan fingerprint density at radius 3 is 2.81 bits per heavy atom. The smallest absolute Gasteiger partial charge is 0.282 e. The number of nitrogens with zero attached hydrogens (tertiary/aromatic N) is 8. The summed E-state index contributed by atoms with van der Waals surface area (Å²) in [6.45, 7) is 3.84. The first kappa shape index (κ1) is 21.8. The molecule has 1 atom stereocenters. The van der Waals surface area contributed by atoms with Gasteiger partial charge in [-0.1, -0.05) is 0 Å². The number of aliphatic imine (C=N–C) groups is 1. The van der Waals surface area contributed by atoms with Crippen molar-refractivity contribution >= 4 is 34.5 Å². The summed E-state index contributed by atoms with van der Waals surface area (Å²) < 4.78 is 13.6. The van der Waals surface area contributed by atoms with E-state index in [1.807, 2.05) is 23.1 Å². The molecule has 0 bridgehead atoms. The fourth-order valence-corrected chi connectivity index (χ4v) is 5.86. The Balaban J connectivity index is 1.26. The first-order valence-electron chi connectivity index (χ1n) is 13.0. The molecule has 1 unspecified atom stereocenters. The van der Waals surface area contributed by atoms with Gasteiger partial charge >= 0.3 is 0 Å². The quantitative estimate of drug-likeness (QED) is 0.592. The molecule has 0 aliphatic carbocycles. The highest BCUT2D eigenvalue weighted by Crippen LogP contribution is 2.38. The molecule has 2 saturated heterocycles. The Morgan fingerprint density at radius 1 is 1.08 bits per heavy atom. The summed E-state index contributed by atoms with van der Waals surface area (Å²) in [7, 11) is 0. The molecule has 3 aromatic heterocycles. The predicted molar refractivity (Wildman–Crippen MR) is 135 cm³/mol. The average Bonchev–Trinajstić information content (AvgIpc) is 3.49. The van der Waals surface area contributed by atoms with Gasteiger partial charge in [0.1, 0.15) is 18.0 Å². The van der Waals surface area contributed by atoms with Crippen LogP contribution in [0.25, 0.3) is 11.2 Å². The number of aryl methyl sites for hydroxylation is 1. The van der Waals surface area contributed by atoms with E-state index in [1.54, 1.807) is 0 Å². The van der Waals surface area contributed by atoms with Crippen LogP contribution in [0.2, 0.25) is 0 Å².